The fraction of sp³-hybridized carbons (Fsp3) is 0.357. The van der Waals surface area contributed by atoms with Crippen LogP contribution in [-0.4, -0.2) is 5.91 Å². The molecule has 1 aliphatic carbocycles. The number of benzene rings is 1. The molecule has 0 heterocycles. The third-order valence-corrected chi connectivity index (χ3v) is 4.14. The van der Waals surface area contributed by atoms with E-state index in [4.69, 9.17) is 0 Å². The molecule has 0 bridgehead atoms. The summed E-state index contributed by atoms with van der Waals surface area (Å²) >= 11 is 2.17. The van der Waals surface area contributed by atoms with Crippen LogP contribution in [0, 0.1) is 3.57 Å². The molecular formula is C14H17IN2O. The molecule has 2 rings (SSSR count). The minimum Gasteiger partial charge on any atom is -0.303 e. The monoisotopic (exact) mass is 356 g/mol. The molecule has 0 fully saturated rings. The second-order valence-electron chi connectivity index (χ2n) is 4.35. The van der Waals surface area contributed by atoms with Gasteiger partial charge in [0, 0.05) is 9.27 Å². The molecule has 2 N–H and O–H groups in total. The van der Waals surface area contributed by atoms with Crippen LogP contribution in [0.15, 0.2) is 35.5 Å². The van der Waals surface area contributed by atoms with E-state index >= 15 is 0 Å². The molecular weight excluding hydrogens is 339 g/mol. The largest absolute Gasteiger partial charge is 0.303 e. The van der Waals surface area contributed by atoms with E-state index in [1.807, 2.05) is 24.3 Å². The van der Waals surface area contributed by atoms with Gasteiger partial charge < -0.3 is 5.43 Å². The first-order valence-electron chi connectivity index (χ1n) is 6.24. The third kappa shape index (κ3) is 3.04. The summed E-state index contributed by atoms with van der Waals surface area (Å²) in [6.07, 6.45) is 4.43. The van der Waals surface area contributed by atoms with E-state index in [0.29, 0.717) is 5.56 Å². The van der Waals surface area contributed by atoms with Crippen molar-refractivity contribution in [3.05, 3.63) is 44.7 Å². The zero-order chi connectivity index (χ0) is 13.0. The Morgan fingerprint density at radius 1 is 1.33 bits per heavy atom. The van der Waals surface area contributed by atoms with Crippen LogP contribution in [0.2, 0.25) is 0 Å². The molecule has 1 amide bonds. The Morgan fingerprint density at radius 3 is 2.83 bits per heavy atom. The number of halogens is 1. The van der Waals surface area contributed by atoms with Gasteiger partial charge in [-0.25, -0.2) is 0 Å². The fourth-order valence-electron chi connectivity index (χ4n) is 2.19. The number of hydrogen-bond donors (Lipinski definition) is 2. The van der Waals surface area contributed by atoms with Crippen LogP contribution < -0.4 is 10.9 Å². The van der Waals surface area contributed by atoms with E-state index in [1.54, 1.807) is 0 Å². The Morgan fingerprint density at radius 2 is 2.11 bits per heavy atom. The van der Waals surface area contributed by atoms with Gasteiger partial charge in [-0.2, -0.15) is 0 Å². The molecule has 0 aliphatic heterocycles. The second-order valence-corrected chi connectivity index (χ2v) is 5.51. The average Bonchev–Trinajstić information content (AvgIpc) is 2.84. The molecule has 1 aliphatic rings. The average molecular weight is 356 g/mol. The molecule has 1 aromatic rings. The zero-order valence-electron chi connectivity index (χ0n) is 10.4. The van der Waals surface area contributed by atoms with Crippen molar-refractivity contribution in [2.45, 2.75) is 32.6 Å². The Balaban J connectivity index is 1.99. The summed E-state index contributed by atoms with van der Waals surface area (Å²) in [6, 6.07) is 7.58. The predicted molar refractivity (Wildman–Crippen MR) is 80.9 cm³/mol. The summed E-state index contributed by atoms with van der Waals surface area (Å²) in [5.74, 6) is -0.0742. The van der Waals surface area contributed by atoms with Crippen LogP contribution in [0.1, 0.15) is 43.0 Å². The van der Waals surface area contributed by atoms with Crippen LogP contribution in [0.4, 0.5) is 0 Å². The van der Waals surface area contributed by atoms with Crippen molar-refractivity contribution < 1.29 is 4.79 Å². The molecule has 4 heteroatoms. The van der Waals surface area contributed by atoms with Crippen LogP contribution in [-0.2, 0) is 0 Å². The summed E-state index contributed by atoms with van der Waals surface area (Å²) in [5.41, 5.74) is 9.21. The third-order valence-electron chi connectivity index (χ3n) is 3.20. The van der Waals surface area contributed by atoms with Gasteiger partial charge in [0.1, 0.15) is 0 Å². The number of nitrogens with one attached hydrogen (secondary N) is 2. The lowest BCUT2D eigenvalue weighted by Gasteiger charge is -2.12. The zero-order valence-corrected chi connectivity index (χ0v) is 12.6. The van der Waals surface area contributed by atoms with Gasteiger partial charge in [-0.05, 0) is 66.0 Å². The van der Waals surface area contributed by atoms with Gasteiger partial charge in [-0.1, -0.05) is 19.1 Å². The predicted octanol–water partition coefficient (Wildman–Crippen LogP) is 3.37. The first-order chi connectivity index (χ1) is 8.72. The van der Waals surface area contributed by atoms with Gasteiger partial charge >= 0.3 is 0 Å². The van der Waals surface area contributed by atoms with Crippen LogP contribution in [0.25, 0.3) is 0 Å². The van der Waals surface area contributed by atoms with E-state index in [9.17, 15) is 4.79 Å². The van der Waals surface area contributed by atoms with Crippen LogP contribution in [0.3, 0.4) is 0 Å². The molecule has 96 valence electrons. The Kier molecular flexibility index (Phi) is 4.63. The summed E-state index contributed by atoms with van der Waals surface area (Å²) in [6.45, 7) is 2.16. The highest BCUT2D eigenvalue weighted by molar-refractivity contribution is 14.1. The van der Waals surface area contributed by atoms with Gasteiger partial charge in [0.25, 0.3) is 5.91 Å². The van der Waals surface area contributed by atoms with Crippen molar-refractivity contribution in [1.29, 1.82) is 0 Å². The fourth-order valence-corrected chi connectivity index (χ4v) is 2.82. The van der Waals surface area contributed by atoms with Gasteiger partial charge in [-0.15, -0.1) is 0 Å². The molecule has 0 saturated carbocycles. The van der Waals surface area contributed by atoms with Gasteiger partial charge in [0.05, 0.1) is 5.56 Å². The highest BCUT2D eigenvalue weighted by atomic mass is 127. The molecule has 0 unspecified atom stereocenters. The van der Waals surface area contributed by atoms with Gasteiger partial charge in [0.2, 0.25) is 0 Å². The van der Waals surface area contributed by atoms with Crippen LogP contribution in [0.5, 0.6) is 0 Å². The smallest absolute Gasteiger partial charge is 0.270 e. The maximum Gasteiger partial charge on any atom is 0.270 e. The number of amides is 1. The number of rotatable bonds is 4. The van der Waals surface area contributed by atoms with Crippen molar-refractivity contribution in [1.82, 2.24) is 10.9 Å². The minimum absolute atomic E-state index is 0.0742. The quantitative estimate of drug-likeness (QED) is 0.642. The molecule has 0 spiro atoms. The molecule has 0 radical (unpaired) electrons. The molecule has 1 aromatic carbocycles. The van der Waals surface area contributed by atoms with Gasteiger partial charge in [-0.3, -0.25) is 10.2 Å². The van der Waals surface area contributed by atoms with Crippen molar-refractivity contribution >= 4 is 28.5 Å². The summed E-state index contributed by atoms with van der Waals surface area (Å²) in [7, 11) is 0. The molecule has 0 saturated heterocycles. The Hall–Kier alpha value is -1.04. The van der Waals surface area contributed by atoms with Crippen molar-refractivity contribution in [2.75, 3.05) is 0 Å². The first kappa shape index (κ1) is 13.4. The first-order valence-corrected chi connectivity index (χ1v) is 7.32. The highest BCUT2D eigenvalue weighted by Crippen LogP contribution is 2.25. The maximum absolute atomic E-state index is 12.0. The van der Waals surface area contributed by atoms with Crippen LogP contribution >= 0.6 is 22.6 Å². The van der Waals surface area contributed by atoms with Crippen molar-refractivity contribution in [3.63, 3.8) is 0 Å². The lowest BCUT2D eigenvalue weighted by molar-refractivity contribution is 0.0937. The highest BCUT2D eigenvalue weighted by Gasteiger charge is 2.14. The lowest BCUT2D eigenvalue weighted by Crippen LogP contribution is -2.37. The SMILES string of the molecule is CCC1=C(NNC(=O)c2ccccc2I)CCC1. The number of carbonyl (C=O) groups excluding carboxylic acids is 1. The number of allylic oxidation sites excluding steroid dienone is 2. The maximum atomic E-state index is 12.0. The number of carbonyl (C=O) groups is 1. The summed E-state index contributed by atoms with van der Waals surface area (Å²) < 4.78 is 0.963. The number of hydrazine groups is 1. The van der Waals surface area contributed by atoms with E-state index in [2.05, 4.69) is 40.4 Å². The van der Waals surface area contributed by atoms with E-state index < -0.39 is 0 Å². The lowest BCUT2D eigenvalue weighted by atomic mass is 10.2. The number of hydrogen-bond acceptors (Lipinski definition) is 2. The summed E-state index contributed by atoms with van der Waals surface area (Å²) in [5, 5.41) is 0. The molecule has 0 atom stereocenters. The standard InChI is InChI=1S/C14H17IN2O/c1-2-10-6-5-9-13(10)16-17-14(18)11-7-3-4-8-12(11)15/h3-4,7-8,16H,2,5-6,9H2,1H3,(H,17,18). The second kappa shape index (κ2) is 6.22. The minimum atomic E-state index is -0.0742. The van der Waals surface area contributed by atoms with Crippen molar-refractivity contribution in [2.24, 2.45) is 0 Å². The Bertz CT molecular complexity index is 482. The van der Waals surface area contributed by atoms with Gasteiger partial charge in [0.15, 0.2) is 0 Å². The molecule has 18 heavy (non-hydrogen) atoms. The topological polar surface area (TPSA) is 41.1 Å². The molecule has 0 aromatic heterocycles. The van der Waals surface area contributed by atoms with E-state index in [-0.39, 0.29) is 5.91 Å². The van der Waals surface area contributed by atoms with E-state index in [1.165, 1.54) is 17.7 Å². The van der Waals surface area contributed by atoms with Crippen molar-refractivity contribution in [3.8, 4) is 0 Å². The Labute approximate surface area is 121 Å². The van der Waals surface area contributed by atoms with E-state index in [0.717, 1.165) is 22.8 Å². The normalized spacial score (nSPS) is 14.8. The summed E-state index contributed by atoms with van der Waals surface area (Å²) in [4.78, 5) is 12.0. The molecule has 3 nitrogen and oxygen atoms in total.